The Morgan fingerprint density at radius 3 is 2.75 bits per heavy atom. The minimum Gasteiger partial charge on any atom is -0.349 e. The van der Waals surface area contributed by atoms with Crippen LogP contribution in [0, 0.1) is 5.82 Å². The van der Waals surface area contributed by atoms with E-state index < -0.39 is 5.82 Å². The van der Waals surface area contributed by atoms with Gasteiger partial charge >= 0.3 is 0 Å². The molecule has 2 atom stereocenters. The van der Waals surface area contributed by atoms with E-state index in [1.165, 1.54) is 31.5 Å². The van der Waals surface area contributed by atoms with Crippen LogP contribution < -0.4 is 5.32 Å². The number of carbonyl (C=O) groups is 1. The molecule has 1 amide bonds. The van der Waals surface area contributed by atoms with Crippen molar-refractivity contribution in [1.82, 2.24) is 15.2 Å². The minimum absolute atomic E-state index is 0.0871. The molecule has 2 bridgehead atoms. The highest BCUT2D eigenvalue weighted by molar-refractivity contribution is 5.94. The fourth-order valence-corrected chi connectivity index (χ4v) is 3.56. The summed E-state index contributed by atoms with van der Waals surface area (Å²) in [5, 5.41) is 2.99. The summed E-state index contributed by atoms with van der Waals surface area (Å²) in [4.78, 5) is 18.3. The number of nitrogens with one attached hydrogen (secondary N) is 1. The molecule has 5 heteroatoms. The van der Waals surface area contributed by atoms with E-state index in [4.69, 9.17) is 0 Å². The Morgan fingerprint density at radius 2 is 2.10 bits per heavy atom. The Labute approximate surface area is 118 Å². The SMILES string of the molecule is CN1C2CCCC1CC(NC(=O)c1ccncc1F)C2. The van der Waals surface area contributed by atoms with E-state index in [1.807, 2.05) is 0 Å². The summed E-state index contributed by atoms with van der Waals surface area (Å²) < 4.78 is 13.6. The highest BCUT2D eigenvalue weighted by Crippen LogP contribution is 2.32. The number of rotatable bonds is 2. The van der Waals surface area contributed by atoms with Crippen molar-refractivity contribution in [2.24, 2.45) is 0 Å². The lowest BCUT2D eigenvalue weighted by atomic mass is 9.82. The number of halogens is 1. The van der Waals surface area contributed by atoms with Gasteiger partial charge in [-0.25, -0.2) is 4.39 Å². The minimum atomic E-state index is -0.557. The van der Waals surface area contributed by atoms with Crippen LogP contribution in [0.15, 0.2) is 18.5 Å². The summed E-state index contributed by atoms with van der Waals surface area (Å²) in [6, 6.07) is 2.69. The van der Waals surface area contributed by atoms with Gasteiger partial charge < -0.3 is 10.2 Å². The molecule has 2 saturated heterocycles. The number of amides is 1. The third-order valence-corrected chi connectivity index (χ3v) is 4.69. The molecule has 2 aliphatic heterocycles. The van der Waals surface area contributed by atoms with Gasteiger partial charge in [-0.3, -0.25) is 9.78 Å². The van der Waals surface area contributed by atoms with Crippen molar-refractivity contribution in [2.75, 3.05) is 7.05 Å². The normalized spacial score (nSPS) is 30.0. The van der Waals surface area contributed by atoms with Gasteiger partial charge in [0.25, 0.3) is 5.91 Å². The average Bonchev–Trinajstić information content (AvgIpc) is 2.40. The highest BCUT2D eigenvalue weighted by atomic mass is 19.1. The average molecular weight is 277 g/mol. The first-order chi connectivity index (χ1) is 9.65. The number of carbonyl (C=O) groups excluding carboxylic acids is 1. The fraction of sp³-hybridized carbons (Fsp3) is 0.600. The van der Waals surface area contributed by atoms with Crippen molar-refractivity contribution in [3.63, 3.8) is 0 Å². The molecule has 3 heterocycles. The van der Waals surface area contributed by atoms with Gasteiger partial charge in [0.1, 0.15) is 0 Å². The molecule has 1 aromatic rings. The van der Waals surface area contributed by atoms with E-state index in [-0.39, 0.29) is 17.5 Å². The molecule has 20 heavy (non-hydrogen) atoms. The molecular weight excluding hydrogens is 257 g/mol. The molecule has 0 saturated carbocycles. The molecule has 3 rings (SSSR count). The Hall–Kier alpha value is -1.49. The summed E-state index contributed by atoms with van der Waals surface area (Å²) in [5.41, 5.74) is 0.0871. The molecule has 0 spiro atoms. The van der Waals surface area contributed by atoms with Gasteiger partial charge in [0.05, 0.1) is 11.8 Å². The first kappa shape index (κ1) is 13.5. The van der Waals surface area contributed by atoms with Crippen LogP contribution in [0.3, 0.4) is 0 Å². The maximum Gasteiger partial charge on any atom is 0.254 e. The molecule has 0 radical (unpaired) electrons. The van der Waals surface area contributed by atoms with E-state index >= 15 is 0 Å². The zero-order valence-electron chi connectivity index (χ0n) is 11.7. The van der Waals surface area contributed by atoms with E-state index in [0.717, 1.165) is 19.0 Å². The van der Waals surface area contributed by atoms with Crippen LogP contribution in [0.2, 0.25) is 0 Å². The standard InChI is InChI=1S/C15H20FN3O/c1-19-11-3-2-4-12(19)8-10(7-11)18-15(20)13-5-6-17-9-14(13)16/h5-6,9-12H,2-4,7-8H2,1H3,(H,18,20). The second kappa shape index (κ2) is 5.48. The third kappa shape index (κ3) is 2.54. The van der Waals surface area contributed by atoms with Crippen molar-refractivity contribution in [3.05, 3.63) is 29.8 Å². The number of pyridine rings is 1. The molecule has 0 aliphatic carbocycles. The van der Waals surface area contributed by atoms with Crippen molar-refractivity contribution in [2.45, 2.75) is 50.2 Å². The van der Waals surface area contributed by atoms with Gasteiger partial charge in [0.15, 0.2) is 5.82 Å². The smallest absolute Gasteiger partial charge is 0.254 e. The van der Waals surface area contributed by atoms with Crippen molar-refractivity contribution >= 4 is 5.91 Å². The largest absolute Gasteiger partial charge is 0.349 e. The number of fused-ring (bicyclic) bond motifs is 2. The summed E-state index contributed by atoms with van der Waals surface area (Å²) in [5.74, 6) is -0.879. The summed E-state index contributed by atoms with van der Waals surface area (Å²) in [6.45, 7) is 0. The van der Waals surface area contributed by atoms with Crippen LogP contribution in [0.5, 0.6) is 0 Å². The maximum atomic E-state index is 13.6. The Kier molecular flexibility index (Phi) is 3.70. The van der Waals surface area contributed by atoms with Crippen LogP contribution >= 0.6 is 0 Å². The van der Waals surface area contributed by atoms with Gasteiger partial charge in [-0.05, 0) is 38.8 Å². The lowest BCUT2D eigenvalue weighted by Gasteiger charge is -2.47. The first-order valence-electron chi connectivity index (χ1n) is 7.27. The third-order valence-electron chi connectivity index (χ3n) is 4.69. The van der Waals surface area contributed by atoms with Crippen LogP contribution in [0.25, 0.3) is 0 Å². The predicted molar refractivity (Wildman–Crippen MR) is 73.9 cm³/mol. The zero-order chi connectivity index (χ0) is 14.1. The van der Waals surface area contributed by atoms with Gasteiger partial charge in [-0.2, -0.15) is 0 Å². The van der Waals surface area contributed by atoms with Crippen molar-refractivity contribution < 1.29 is 9.18 Å². The molecule has 2 aliphatic rings. The maximum absolute atomic E-state index is 13.6. The zero-order valence-corrected chi connectivity index (χ0v) is 11.7. The second-order valence-corrected chi connectivity index (χ2v) is 5.90. The number of aromatic nitrogens is 1. The highest BCUT2D eigenvalue weighted by Gasteiger charge is 2.36. The molecule has 1 N–H and O–H groups in total. The molecule has 0 aromatic carbocycles. The summed E-state index contributed by atoms with van der Waals surface area (Å²) >= 11 is 0. The monoisotopic (exact) mass is 277 g/mol. The number of hydrogen-bond donors (Lipinski definition) is 1. The first-order valence-corrected chi connectivity index (χ1v) is 7.27. The van der Waals surface area contributed by atoms with Gasteiger partial charge in [0.2, 0.25) is 0 Å². The van der Waals surface area contributed by atoms with Gasteiger partial charge in [-0.1, -0.05) is 6.42 Å². The second-order valence-electron chi connectivity index (χ2n) is 5.90. The van der Waals surface area contributed by atoms with Crippen LogP contribution in [-0.2, 0) is 0 Å². The van der Waals surface area contributed by atoms with Crippen molar-refractivity contribution in [1.29, 1.82) is 0 Å². The fourth-order valence-electron chi connectivity index (χ4n) is 3.56. The summed E-state index contributed by atoms with van der Waals surface area (Å²) in [7, 11) is 2.18. The number of nitrogens with zero attached hydrogens (tertiary/aromatic N) is 2. The lowest BCUT2D eigenvalue weighted by molar-refractivity contribution is 0.0462. The van der Waals surface area contributed by atoms with Crippen LogP contribution in [-0.4, -0.2) is 41.0 Å². The Balaban J connectivity index is 1.67. The van der Waals surface area contributed by atoms with Gasteiger partial charge in [0, 0.05) is 24.3 Å². The van der Waals surface area contributed by atoms with Crippen LogP contribution in [0.1, 0.15) is 42.5 Å². The topological polar surface area (TPSA) is 45.2 Å². The quantitative estimate of drug-likeness (QED) is 0.899. The number of piperidine rings is 2. The Bertz CT molecular complexity index is 494. The predicted octanol–water partition coefficient (Wildman–Crippen LogP) is 1.97. The molecular formula is C15H20FN3O. The van der Waals surface area contributed by atoms with E-state index in [0.29, 0.717) is 12.1 Å². The van der Waals surface area contributed by atoms with Crippen LogP contribution in [0.4, 0.5) is 4.39 Å². The molecule has 2 fully saturated rings. The lowest BCUT2D eigenvalue weighted by Crippen LogP contribution is -2.55. The number of hydrogen-bond acceptors (Lipinski definition) is 3. The van der Waals surface area contributed by atoms with Gasteiger partial charge in [-0.15, -0.1) is 0 Å². The van der Waals surface area contributed by atoms with E-state index in [2.05, 4.69) is 22.2 Å². The van der Waals surface area contributed by atoms with E-state index in [1.54, 1.807) is 0 Å². The van der Waals surface area contributed by atoms with Crippen molar-refractivity contribution in [3.8, 4) is 0 Å². The molecule has 108 valence electrons. The Morgan fingerprint density at radius 1 is 1.40 bits per heavy atom. The molecule has 4 nitrogen and oxygen atoms in total. The van der Waals surface area contributed by atoms with E-state index in [9.17, 15) is 9.18 Å². The molecule has 2 unspecified atom stereocenters. The summed E-state index contributed by atoms with van der Waals surface area (Å²) in [6.07, 6.45) is 8.13. The molecule has 1 aromatic heterocycles.